The van der Waals surface area contributed by atoms with Gasteiger partial charge in [0.15, 0.2) is 0 Å². The van der Waals surface area contributed by atoms with E-state index in [9.17, 15) is 19.5 Å². The van der Waals surface area contributed by atoms with Crippen molar-refractivity contribution in [1.29, 1.82) is 0 Å². The van der Waals surface area contributed by atoms with E-state index in [2.05, 4.69) is 4.98 Å². The molecule has 2 N–H and O–H groups in total. The predicted molar refractivity (Wildman–Crippen MR) is 66.2 cm³/mol. The molecule has 0 spiro atoms. The third kappa shape index (κ3) is 1.45. The maximum absolute atomic E-state index is 12.4. The van der Waals surface area contributed by atoms with Crippen LogP contribution in [0, 0.1) is 0 Å². The van der Waals surface area contributed by atoms with Crippen molar-refractivity contribution in [1.82, 2.24) is 4.98 Å². The van der Waals surface area contributed by atoms with E-state index < -0.39 is 17.5 Å². The lowest BCUT2D eigenvalue weighted by Crippen LogP contribution is -2.25. The Morgan fingerprint density at radius 1 is 1.05 bits per heavy atom. The van der Waals surface area contributed by atoms with Crippen molar-refractivity contribution < 1.29 is 24.6 Å². The highest BCUT2D eigenvalue weighted by Crippen LogP contribution is 2.32. The summed E-state index contributed by atoms with van der Waals surface area (Å²) in [4.78, 5) is 39.6. The van der Waals surface area contributed by atoms with Gasteiger partial charge in [0.1, 0.15) is 11.4 Å². The van der Waals surface area contributed by atoms with Gasteiger partial charge in [0.05, 0.1) is 16.7 Å². The molecule has 98 valence electrons. The lowest BCUT2D eigenvalue weighted by Gasteiger charge is -2.18. The van der Waals surface area contributed by atoms with Crippen molar-refractivity contribution in [3.63, 3.8) is 0 Å². The summed E-state index contributed by atoms with van der Waals surface area (Å²) in [5.74, 6) is -2.97. The average Bonchev–Trinajstić information content (AvgIpc) is 2.43. The summed E-state index contributed by atoms with van der Waals surface area (Å²) in [5, 5.41) is 18.9. The molecule has 1 aromatic heterocycles. The van der Waals surface area contributed by atoms with E-state index >= 15 is 0 Å². The van der Waals surface area contributed by atoms with E-state index in [1.807, 2.05) is 0 Å². The zero-order valence-corrected chi connectivity index (χ0v) is 9.95. The number of carboxylic acids is 1. The van der Waals surface area contributed by atoms with Crippen LogP contribution >= 0.6 is 0 Å². The first kappa shape index (κ1) is 12.0. The Morgan fingerprint density at radius 2 is 1.80 bits per heavy atom. The number of pyridine rings is 1. The lowest BCUT2D eigenvalue weighted by molar-refractivity contribution is 0.0692. The van der Waals surface area contributed by atoms with E-state index in [1.54, 1.807) is 0 Å². The number of aromatic nitrogens is 1. The number of carbonyl (C=O) groups is 3. The average molecular weight is 269 g/mol. The number of carbonyl (C=O) groups excluding carboxylic acids is 2. The first-order valence-corrected chi connectivity index (χ1v) is 5.66. The van der Waals surface area contributed by atoms with Gasteiger partial charge in [-0.15, -0.1) is 0 Å². The van der Waals surface area contributed by atoms with Crippen molar-refractivity contribution in [2.24, 2.45) is 0 Å². The second kappa shape index (κ2) is 3.99. The van der Waals surface area contributed by atoms with Gasteiger partial charge in [-0.3, -0.25) is 14.6 Å². The van der Waals surface area contributed by atoms with E-state index in [-0.39, 0.29) is 33.7 Å². The van der Waals surface area contributed by atoms with Crippen LogP contribution in [0.1, 0.15) is 42.3 Å². The van der Waals surface area contributed by atoms with E-state index in [0.717, 1.165) is 6.07 Å². The molecule has 6 heteroatoms. The minimum absolute atomic E-state index is 0.0255. The van der Waals surface area contributed by atoms with Gasteiger partial charge in [0.25, 0.3) is 0 Å². The normalized spacial score (nSPS) is 12.8. The maximum atomic E-state index is 12.4. The minimum atomic E-state index is -1.33. The smallest absolute Gasteiger partial charge is 0.336 e. The Labute approximate surface area is 112 Å². The third-order valence-corrected chi connectivity index (χ3v) is 3.14. The molecule has 0 unspecified atom stereocenters. The van der Waals surface area contributed by atoms with E-state index in [1.165, 1.54) is 24.4 Å². The third-order valence-electron chi connectivity index (χ3n) is 3.14. The molecule has 0 fully saturated rings. The number of benzene rings is 1. The van der Waals surface area contributed by atoms with Crippen LogP contribution in [0.2, 0.25) is 0 Å². The van der Waals surface area contributed by atoms with Crippen LogP contribution in [-0.4, -0.2) is 32.7 Å². The van der Waals surface area contributed by atoms with Crippen LogP contribution in [0.4, 0.5) is 0 Å². The number of nitrogens with zero attached hydrogens (tertiary/aromatic N) is 1. The fourth-order valence-electron chi connectivity index (χ4n) is 2.26. The van der Waals surface area contributed by atoms with Crippen molar-refractivity contribution in [3.05, 3.63) is 58.4 Å². The summed E-state index contributed by atoms with van der Waals surface area (Å²) in [6.07, 6.45) is 1.17. The van der Waals surface area contributed by atoms with Gasteiger partial charge in [-0.1, -0.05) is 6.07 Å². The molecule has 1 aliphatic rings. The lowest BCUT2D eigenvalue weighted by atomic mass is 9.84. The van der Waals surface area contributed by atoms with Gasteiger partial charge in [0.2, 0.25) is 11.6 Å². The fourth-order valence-corrected chi connectivity index (χ4v) is 2.26. The zero-order valence-electron chi connectivity index (χ0n) is 9.95. The molecule has 0 saturated heterocycles. The second-order valence-electron chi connectivity index (χ2n) is 4.25. The molecular formula is C14H7NO5. The number of aromatic carboxylic acids is 1. The molecule has 0 aliphatic heterocycles. The van der Waals surface area contributed by atoms with Crippen LogP contribution in [0.25, 0.3) is 0 Å². The van der Waals surface area contributed by atoms with Gasteiger partial charge in [0, 0.05) is 11.8 Å². The number of aromatic hydroxyl groups is 1. The number of ketones is 2. The summed E-state index contributed by atoms with van der Waals surface area (Å²) in [6, 6.07) is 5.25. The largest absolute Gasteiger partial charge is 0.507 e. The first-order chi connectivity index (χ1) is 9.52. The monoisotopic (exact) mass is 269 g/mol. The van der Waals surface area contributed by atoms with E-state index in [4.69, 9.17) is 5.11 Å². The Hall–Kier alpha value is -3.02. The molecule has 0 atom stereocenters. The molecule has 1 heterocycles. The predicted octanol–water partition coefficient (Wildman–Crippen LogP) is 1.26. The molecule has 3 rings (SSSR count). The van der Waals surface area contributed by atoms with Crippen LogP contribution < -0.4 is 0 Å². The molecule has 0 saturated carbocycles. The molecule has 6 nitrogen and oxygen atoms in total. The number of carboxylic acid groups (broad SMARTS) is 1. The Morgan fingerprint density at radius 3 is 2.50 bits per heavy atom. The summed E-state index contributed by atoms with van der Waals surface area (Å²) < 4.78 is 0. The number of hydrogen-bond acceptors (Lipinski definition) is 5. The maximum Gasteiger partial charge on any atom is 0.336 e. The van der Waals surface area contributed by atoms with Crippen molar-refractivity contribution in [2.45, 2.75) is 0 Å². The minimum Gasteiger partial charge on any atom is -0.507 e. The number of rotatable bonds is 1. The molecule has 2 aromatic rings. The molecular weight excluding hydrogens is 262 g/mol. The SMILES string of the molecule is O=C(O)c1ccnc2c1C(=O)c1c(O)cccc1C2=O. The Bertz CT molecular complexity index is 794. The zero-order chi connectivity index (χ0) is 14.4. The number of phenolic OH excluding ortho intramolecular Hbond substituents is 1. The summed E-state index contributed by atoms with van der Waals surface area (Å²) in [7, 11) is 0. The Kier molecular flexibility index (Phi) is 2.40. The quantitative estimate of drug-likeness (QED) is 0.689. The molecule has 20 heavy (non-hydrogen) atoms. The standard InChI is InChI=1S/C14H7NO5/c16-8-3-1-2-6-9(8)13(18)10-7(14(19)20)4-5-15-11(10)12(6)17/h1-5,16H,(H,19,20). The van der Waals surface area contributed by atoms with Crippen LogP contribution in [0.5, 0.6) is 5.75 Å². The number of phenols is 1. The van der Waals surface area contributed by atoms with Crippen LogP contribution in [0.3, 0.4) is 0 Å². The van der Waals surface area contributed by atoms with E-state index in [0.29, 0.717) is 0 Å². The summed E-state index contributed by atoms with van der Waals surface area (Å²) in [5.41, 5.74) is -0.938. The van der Waals surface area contributed by atoms with Crippen molar-refractivity contribution in [3.8, 4) is 5.75 Å². The highest BCUT2D eigenvalue weighted by Gasteiger charge is 2.35. The van der Waals surface area contributed by atoms with Gasteiger partial charge in [-0.25, -0.2) is 4.79 Å². The van der Waals surface area contributed by atoms with Crippen LogP contribution in [0.15, 0.2) is 30.5 Å². The molecule has 1 aliphatic carbocycles. The van der Waals surface area contributed by atoms with Gasteiger partial charge >= 0.3 is 5.97 Å². The van der Waals surface area contributed by atoms with Crippen LogP contribution in [-0.2, 0) is 0 Å². The number of fused-ring (bicyclic) bond motifs is 2. The number of hydrogen-bond donors (Lipinski definition) is 2. The van der Waals surface area contributed by atoms with Gasteiger partial charge in [-0.05, 0) is 18.2 Å². The Balaban J connectivity index is 2.39. The highest BCUT2D eigenvalue weighted by atomic mass is 16.4. The fraction of sp³-hybridized carbons (Fsp3) is 0. The van der Waals surface area contributed by atoms with Crippen molar-refractivity contribution in [2.75, 3.05) is 0 Å². The molecule has 0 bridgehead atoms. The highest BCUT2D eigenvalue weighted by molar-refractivity contribution is 6.30. The topological polar surface area (TPSA) is 105 Å². The van der Waals surface area contributed by atoms with Gasteiger partial charge in [-0.2, -0.15) is 0 Å². The molecule has 0 radical (unpaired) electrons. The summed E-state index contributed by atoms with van der Waals surface area (Å²) in [6.45, 7) is 0. The molecule has 0 amide bonds. The summed E-state index contributed by atoms with van der Waals surface area (Å²) >= 11 is 0. The first-order valence-electron chi connectivity index (χ1n) is 5.66. The van der Waals surface area contributed by atoms with Crippen molar-refractivity contribution >= 4 is 17.5 Å². The second-order valence-corrected chi connectivity index (χ2v) is 4.25. The van der Waals surface area contributed by atoms with Gasteiger partial charge < -0.3 is 10.2 Å². The molecule has 1 aromatic carbocycles.